The van der Waals surface area contributed by atoms with Crippen molar-refractivity contribution in [2.45, 2.75) is 107 Å². The first-order valence-electron chi connectivity index (χ1n) is 26.5. The average molecular weight is 1130 g/mol. The number of benzene rings is 4. The first kappa shape index (κ1) is 59.8. The summed E-state index contributed by atoms with van der Waals surface area (Å²) in [5, 5.41) is 31.3. The van der Waals surface area contributed by atoms with Crippen LogP contribution in [0.15, 0.2) is 115 Å². The molecule has 4 aromatic carbocycles. The van der Waals surface area contributed by atoms with E-state index in [-0.39, 0.29) is 55.9 Å². The number of carbonyl (C=O) groups excluding carboxylic acids is 8. The van der Waals surface area contributed by atoms with E-state index in [0.29, 0.717) is 29.7 Å². The molecule has 80 heavy (non-hydrogen) atoms. The molecule has 21 nitrogen and oxygen atoms in total. The van der Waals surface area contributed by atoms with Gasteiger partial charge in [0.2, 0.25) is 47.3 Å². The van der Waals surface area contributed by atoms with Gasteiger partial charge < -0.3 is 69.5 Å². The molecule has 0 bridgehead atoms. The summed E-state index contributed by atoms with van der Waals surface area (Å²) in [6.07, 6.45) is 2.56. The van der Waals surface area contributed by atoms with Crippen molar-refractivity contribution < 1.29 is 43.5 Å². The molecule has 0 saturated carbocycles. The number of hydrogen-bond donors (Lipinski definition) is 13. The van der Waals surface area contributed by atoms with Crippen LogP contribution in [-0.2, 0) is 64.0 Å². The summed E-state index contributed by atoms with van der Waals surface area (Å²) in [6.45, 7) is 3.68. The number of nitrogens with one attached hydrogen (secondary N) is 9. The first-order valence-corrected chi connectivity index (χ1v) is 29.0. The van der Waals surface area contributed by atoms with Crippen LogP contribution in [0, 0.1) is 5.92 Å². The maximum atomic E-state index is 14.9. The highest BCUT2D eigenvalue weighted by Crippen LogP contribution is 2.25. The molecule has 1 saturated heterocycles. The summed E-state index contributed by atoms with van der Waals surface area (Å²) in [5.41, 5.74) is 22.3. The Morgan fingerprint density at radius 1 is 0.688 bits per heavy atom. The number of phenols is 1. The number of para-hydroxylation sites is 2. The number of aromatic nitrogens is 2. The number of primary amides is 1. The normalized spacial score (nSPS) is 20.8. The van der Waals surface area contributed by atoms with Gasteiger partial charge in [0.05, 0.1) is 6.04 Å². The lowest BCUT2D eigenvalue weighted by Gasteiger charge is -2.29. The molecule has 1 aliphatic heterocycles. The third-order valence-electron chi connectivity index (χ3n) is 13.7. The number of rotatable bonds is 18. The smallest absolute Gasteiger partial charge is 0.244 e. The van der Waals surface area contributed by atoms with Crippen LogP contribution in [0.1, 0.15) is 55.5 Å². The predicted octanol–water partition coefficient (Wildman–Crippen LogP) is 2.01. The van der Waals surface area contributed by atoms with Crippen LogP contribution in [0.4, 0.5) is 0 Å². The zero-order valence-electron chi connectivity index (χ0n) is 44.5. The summed E-state index contributed by atoms with van der Waals surface area (Å²) >= 11 is 0. The molecule has 8 atom stereocenters. The van der Waals surface area contributed by atoms with Gasteiger partial charge in [0, 0.05) is 59.1 Å². The largest absolute Gasteiger partial charge is 0.508 e. The van der Waals surface area contributed by atoms with Crippen molar-refractivity contribution in [1.82, 2.24) is 47.2 Å². The topological polar surface area (TPSA) is 351 Å². The molecule has 1 aliphatic rings. The van der Waals surface area contributed by atoms with Crippen LogP contribution in [-0.4, -0.2) is 129 Å². The number of unbranched alkanes of at least 4 members (excludes halogenated alkanes) is 1. The molecule has 3 heterocycles. The quantitative estimate of drug-likeness (QED) is 0.0433. The number of nitrogens with two attached hydrogens (primary N) is 3. The number of aromatic hydroxyl groups is 1. The Labute approximate surface area is 471 Å². The second-order valence-electron chi connectivity index (χ2n) is 20.2. The molecule has 16 N–H and O–H groups in total. The minimum atomic E-state index is -1.40. The molecule has 1 fully saturated rings. The number of carbonyl (C=O) groups is 8. The fourth-order valence-electron chi connectivity index (χ4n) is 9.23. The maximum Gasteiger partial charge on any atom is 0.244 e. The van der Waals surface area contributed by atoms with Gasteiger partial charge >= 0.3 is 0 Å². The fraction of sp³-hybridized carbons (Fsp3) is 0.368. The highest BCUT2D eigenvalue weighted by molar-refractivity contribution is 8.76. The summed E-state index contributed by atoms with van der Waals surface area (Å²) in [4.78, 5) is 121. The average Bonchev–Trinajstić information content (AvgIpc) is 4.06. The first-order chi connectivity index (χ1) is 38.5. The number of hydrogen-bond acceptors (Lipinski definition) is 13. The SMILES string of the molecule is CC(C)C1NC(=O)C(CCCCN)NC(=O)C(Cc2c[nH]c3ccccc23)NC(=O)C(Cc2ccc(O)cc2)NC(=O)C(NC(=O)C(N)Cc2ccccc2)CSSCC(C(=O)NC(Cc2cc3ccccc3[nH]2)C(N)=O)NC1=O. The molecule has 0 spiro atoms. The monoisotopic (exact) mass is 1130 g/mol. The Morgan fingerprint density at radius 3 is 2.02 bits per heavy atom. The molecule has 8 unspecified atom stereocenters. The molecule has 0 aliphatic carbocycles. The molecular formula is C57H70N12O9S2. The molecule has 23 heteroatoms. The van der Waals surface area contributed by atoms with Gasteiger partial charge in [-0.25, -0.2) is 0 Å². The summed E-state index contributed by atoms with van der Waals surface area (Å²) in [5.74, 6) is -7.08. The summed E-state index contributed by atoms with van der Waals surface area (Å²) in [7, 11) is 2.13. The molecule has 7 rings (SSSR count). The minimum Gasteiger partial charge on any atom is -0.508 e. The highest BCUT2D eigenvalue weighted by Gasteiger charge is 2.36. The number of H-pyrrole nitrogens is 2. The van der Waals surface area contributed by atoms with Crippen LogP contribution in [0.3, 0.4) is 0 Å². The van der Waals surface area contributed by atoms with E-state index in [4.69, 9.17) is 17.2 Å². The van der Waals surface area contributed by atoms with E-state index >= 15 is 0 Å². The van der Waals surface area contributed by atoms with Gasteiger partial charge in [0.15, 0.2) is 0 Å². The Balaban J connectivity index is 1.25. The predicted molar refractivity (Wildman–Crippen MR) is 309 cm³/mol. The van der Waals surface area contributed by atoms with Crippen LogP contribution in [0.25, 0.3) is 21.8 Å². The van der Waals surface area contributed by atoms with Crippen LogP contribution >= 0.6 is 21.6 Å². The van der Waals surface area contributed by atoms with E-state index in [9.17, 15) is 43.5 Å². The van der Waals surface area contributed by atoms with Gasteiger partial charge in [-0.2, -0.15) is 0 Å². The van der Waals surface area contributed by atoms with Gasteiger partial charge in [-0.05, 0) is 90.6 Å². The number of phenolic OH excluding ortho intramolecular Hbond substituents is 1. The van der Waals surface area contributed by atoms with Crippen molar-refractivity contribution in [2.75, 3.05) is 18.1 Å². The van der Waals surface area contributed by atoms with Gasteiger partial charge in [0.25, 0.3) is 0 Å². The Kier molecular flexibility index (Phi) is 21.6. The highest BCUT2D eigenvalue weighted by atomic mass is 33.1. The van der Waals surface area contributed by atoms with E-state index in [2.05, 4.69) is 47.2 Å². The molecule has 6 aromatic rings. The standard InChI is InChI=1S/C57H70N12O9S2/c1-32(2)49-57(78)68-48(55(76)64-44(50(60)71)28-37-26-35-14-6-8-16-41(35)62-37)31-80-79-30-47(67-51(72)40(59)24-33-12-4-3-5-13-33)56(77)65-45(25-34-19-21-38(70)22-20-34)53(74)66-46(27-36-29-61-42-17-9-7-15-39(36)42)54(75)63-43(52(73)69-49)18-10-11-23-58/h3-9,12-17,19-22,26,29,32,40,43-49,61-62,70H,10-11,18,23-25,27-28,30-31,58-59H2,1-2H3,(H2,60,71)(H,63,75)(H,64,76)(H,65,77)(H,66,74)(H,67,72)(H,68,78)(H,69,73). The third kappa shape index (κ3) is 16.8. The van der Waals surface area contributed by atoms with Gasteiger partial charge in [-0.3, -0.25) is 38.4 Å². The van der Waals surface area contributed by atoms with E-state index < -0.39 is 102 Å². The van der Waals surface area contributed by atoms with Crippen molar-refractivity contribution in [3.05, 3.63) is 138 Å². The Bertz CT molecular complexity index is 3090. The van der Waals surface area contributed by atoms with Crippen molar-refractivity contribution in [3.63, 3.8) is 0 Å². The third-order valence-corrected chi connectivity index (χ3v) is 16.1. The van der Waals surface area contributed by atoms with E-state index in [1.165, 1.54) is 12.1 Å². The molecule has 2 aromatic heterocycles. The van der Waals surface area contributed by atoms with E-state index in [1.807, 2.05) is 72.8 Å². The van der Waals surface area contributed by atoms with Gasteiger partial charge in [-0.1, -0.05) is 114 Å². The number of aromatic amines is 2. The zero-order valence-corrected chi connectivity index (χ0v) is 46.1. The van der Waals surface area contributed by atoms with Gasteiger partial charge in [0.1, 0.15) is 48.0 Å². The number of fused-ring (bicyclic) bond motifs is 2. The number of amides is 8. The van der Waals surface area contributed by atoms with Crippen molar-refractivity contribution in [1.29, 1.82) is 0 Å². The Morgan fingerprint density at radius 2 is 1.32 bits per heavy atom. The summed E-state index contributed by atoms with van der Waals surface area (Å²) in [6, 6.07) is 21.4. The lowest BCUT2D eigenvalue weighted by Crippen LogP contribution is -2.61. The van der Waals surface area contributed by atoms with Crippen LogP contribution < -0.4 is 54.4 Å². The molecular weight excluding hydrogens is 1060 g/mol. The fourth-order valence-corrected chi connectivity index (χ4v) is 11.6. The zero-order chi connectivity index (χ0) is 57.3. The van der Waals surface area contributed by atoms with E-state index in [0.717, 1.165) is 49.0 Å². The summed E-state index contributed by atoms with van der Waals surface area (Å²) < 4.78 is 0. The molecule has 424 valence electrons. The minimum absolute atomic E-state index is 0.0163. The second kappa shape index (κ2) is 28.9. The molecule has 0 radical (unpaired) electrons. The van der Waals surface area contributed by atoms with Crippen LogP contribution in [0.2, 0.25) is 0 Å². The van der Waals surface area contributed by atoms with E-state index in [1.54, 1.807) is 44.3 Å². The lowest BCUT2D eigenvalue weighted by molar-refractivity contribution is -0.136. The Hall–Kier alpha value is -7.86. The van der Waals surface area contributed by atoms with Gasteiger partial charge in [-0.15, -0.1) is 0 Å². The van der Waals surface area contributed by atoms with Crippen LogP contribution in [0.5, 0.6) is 5.75 Å². The van der Waals surface area contributed by atoms with Crippen molar-refractivity contribution in [3.8, 4) is 5.75 Å². The molecule has 8 amide bonds. The lowest BCUT2D eigenvalue weighted by atomic mass is 10.00. The van der Waals surface area contributed by atoms with Crippen molar-refractivity contribution in [2.24, 2.45) is 23.1 Å². The second-order valence-corrected chi connectivity index (χ2v) is 22.7. The maximum absolute atomic E-state index is 14.9. The van der Waals surface area contributed by atoms with Crippen molar-refractivity contribution >= 4 is 90.7 Å².